The summed E-state index contributed by atoms with van der Waals surface area (Å²) in [5.74, 6) is 0.201. The average molecular weight is 225 g/mol. The topological polar surface area (TPSA) is 46.2 Å². The van der Waals surface area contributed by atoms with E-state index >= 15 is 0 Å². The van der Waals surface area contributed by atoms with Crippen LogP contribution in [0, 0.1) is 0 Å². The molecular formula is C11H15NO2S. The van der Waals surface area contributed by atoms with Crippen molar-refractivity contribution in [1.82, 2.24) is 5.32 Å². The molecule has 0 spiro atoms. The van der Waals surface area contributed by atoms with E-state index in [-0.39, 0.29) is 11.8 Å². The molecule has 0 saturated heterocycles. The van der Waals surface area contributed by atoms with Crippen LogP contribution in [0.1, 0.15) is 24.9 Å². The molecule has 3 nitrogen and oxygen atoms in total. The molecular weight excluding hydrogens is 210 g/mol. The summed E-state index contributed by atoms with van der Waals surface area (Å²) in [6.07, 6.45) is 1.01. The maximum absolute atomic E-state index is 11.8. The Hall–Kier alpha value is -0.870. The summed E-state index contributed by atoms with van der Waals surface area (Å²) in [5, 5.41) is 3.26. The first-order valence-electron chi connectivity index (χ1n) is 5.20. The van der Waals surface area contributed by atoms with Crippen LogP contribution in [0.5, 0.6) is 0 Å². The van der Waals surface area contributed by atoms with Crippen LogP contribution in [-0.4, -0.2) is 20.7 Å². The van der Waals surface area contributed by atoms with E-state index in [1.54, 1.807) is 12.1 Å². The first-order chi connectivity index (χ1) is 7.15. The molecule has 0 amide bonds. The van der Waals surface area contributed by atoms with Gasteiger partial charge in [0.1, 0.15) is 0 Å². The molecule has 15 heavy (non-hydrogen) atoms. The van der Waals surface area contributed by atoms with Crippen molar-refractivity contribution >= 4 is 9.84 Å². The minimum absolute atomic E-state index is 0.0221. The molecule has 0 saturated carbocycles. The van der Waals surface area contributed by atoms with Crippen molar-refractivity contribution < 1.29 is 8.42 Å². The van der Waals surface area contributed by atoms with Gasteiger partial charge in [-0.05, 0) is 24.6 Å². The van der Waals surface area contributed by atoms with Crippen molar-refractivity contribution in [3.63, 3.8) is 0 Å². The largest absolute Gasteiger partial charge is 0.309 e. The minimum atomic E-state index is -3.05. The quantitative estimate of drug-likeness (QED) is 0.848. The van der Waals surface area contributed by atoms with Crippen LogP contribution in [0.2, 0.25) is 0 Å². The lowest BCUT2D eigenvalue weighted by atomic mass is 10.1. The van der Waals surface area contributed by atoms with E-state index in [0.29, 0.717) is 4.90 Å². The fourth-order valence-electron chi connectivity index (χ4n) is 1.94. The third-order valence-corrected chi connectivity index (χ3v) is 4.47. The van der Waals surface area contributed by atoms with Crippen LogP contribution < -0.4 is 5.32 Å². The highest BCUT2D eigenvalue weighted by Crippen LogP contribution is 2.32. The van der Waals surface area contributed by atoms with Gasteiger partial charge in [0.25, 0.3) is 0 Å². The first kappa shape index (κ1) is 10.6. The normalized spacial score (nSPS) is 22.6. The number of nitrogens with one attached hydrogen (secondary N) is 1. The summed E-state index contributed by atoms with van der Waals surface area (Å²) in [6, 6.07) is 7.23. The fourth-order valence-corrected chi connectivity index (χ4v) is 3.71. The molecule has 0 bridgehead atoms. The van der Waals surface area contributed by atoms with Crippen LogP contribution in [0.4, 0.5) is 0 Å². The summed E-state index contributed by atoms with van der Waals surface area (Å²) in [5.41, 5.74) is 0.922. The van der Waals surface area contributed by atoms with Gasteiger partial charge in [-0.2, -0.15) is 0 Å². The molecule has 0 fully saturated rings. The summed E-state index contributed by atoms with van der Waals surface area (Å²) < 4.78 is 23.6. The second-order valence-electron chi connectivity index (χ2n) is 3.83. The second-order valence-corrected chi connectivity index (χ2v) is 5.83. The zero-order valence-corrected chi connectivity index (χ0v) is 9.55. The molecule has 4 heteroatoms. The number of benzene rings is 1. The van der Waals surface area contributed by atoms with Gasteiger partial charge in [-0.3, -0.25) is 0 Å². The smallest absolute Gasteiger partial charge is 0.180 e. The van der Waals surface area contributed by atoms with Crippen molar-refractivity contribution in [2.45, 2.75) is 24.3 Å². The predicted molar refractivity (Wildman–Crippen MR) is 59.5 cm³/mol. The zero-order valence-electron chi connectivity index (χ0n) is 8.73. The monoisotopic (exact) mass is 225 g/mol. The van der Waals surface area contributed by atoms with Crippen LogP contribution in [0.3, 0.4) is 0 Å². The minimum Gasteiger partial charge on any atom is -0.309 e. The van der Waals surface area contributed by atoms with Gasteiger partial charge in [-0.15, -0.1) is 0 Å². The van der Waals surface area contributed by atoms with Crippen molar-refractivity contribution in [3.05, 3.63) is 29.8 Å². The summed E-state index contributed by atoms with van der Waals surface area (Å²) in [6.45, 7) is 2.93. The Bertz CT molecular complexity index is 453. The Morgan fingerprint density at radius 2 is 2.13 bits per heavy atom. The van der Waals surface area contributed by atoms with E-state index in [0.717, 1.165) is 18.5 Å². The third-order valence-electron chi connectivity index (χ3n) is 2.66. The highest BCUT2D eigenvalue weighted by molar-refractivity contribution is 7.91. The number of hydrogen-bond acceptors (Lipinski definition) is 3. The van der Waals surface area contributed by atoms with Crippen molar-refractivity contribution in [2.24, 2.45) is 0 Å². The second kappa shape index (κ2) is 3.94. The van der Waals surface area contributed by atoms with Crippen LogP contribution in [0.25, 0.3) is 0 Å². The molecule has 82 valence electrons. The third kappa shape index (κ3) is 1.92. The lowest BCUT2D eigenvalue weighted by Gasteiger charge is -2.10. The Morgan fingerprint density at radius 3 is 2.87 bits per heavy atom. The predicted octanol–water partition coefficient (Wildman–Crippen LogP) is 1.51. The molecule has 1 unspecified atom stereocenters. The lowest BCUT2D eigenvalue weighted by Crippen LogP contribution is -2.23. The van der Waals surface area contributed by atoms with E-state index < -0.39 is 9.84 Å². The SMILES string of the molecule is CCCNC1CS(=O)(=O)c2ccccc21. The molecule has 1 aliphatic heterocycles. The molecule has 1 aliphatic rings. The summed E-state index contributed by atoms with van der Waals surface area (Å²) in [4.78, 5) is 0.499. The number of hydrogen-bond donors (Lipinski definition) is 1. The van der Waals surface area contributed by atoms with E-state index in [4.69, 9.17) is 0 Å². The van der Waals surface area contributed by atoms with Crippen LogP contribution in [-0.2, 0) is 9.84 Å². The maximum Gasteiger partial charge on any atom is 0.180 e. The number of fused-ring (bicyclic) bond motifs is 1. The van der Waals surface area contributed by atoms with Gasteiger partial charge in [-0.1, -0.05) is 25.1 Å². The number of sulfone groups is 1. The molecule has 0 aromatic heterocycles. The van der Waals surface area contributed by atoms with Gasteiger partial charge in [0.15, 0.2) is 9.84 Å². The van der Waals surface area contributed by atoms with Gasteiger partial charge >= 0.3 is 0 Å². The fraction of sp³-hybridized carbons (Fsp3) is 0.455. The molecule has 1 N–H and O–H groups in total. The highest BCUT2D eigenvalue weighted by Gasteiger charge is 2.33. The van der Waals surface area contributed by atoms with E-state index in [2.05, 4.69) is 12.2 Å². The van der Waals surface area contributed by atoms with E-state index in [1.165, 1.54) is 0 Å². The zero-order chi connectivity index (χ0) is 10.9. The van der Waals surface area contributed by atoms with Gasteiger partial charge in [0.2, 0.25) is 0 Å². The van der Waals surface area contributed by atoms with Gasteiger partial charge in [0.05, 0.1) is 10.6 Å². The molecule has 1 aromatic carbocycles. The first-order valence-corrected chi connectivity index (χ1v) is 6.85. The Morgan fingerprint density at radius 1 is 1.40 bits per heavy atom. The lowest BCUT2D eigenvalue weighted by molar-refractivity contribution is 0.564. The van der Waals surface area contributed by atoms with Crippen molar-refractivity contribution in [1.29, 1.82) is 0 Å². The van der Waals surface area contributed by atoms with Gasteiger partial charge in [-0.25, -0.2) is 8.42 Å². The molecule has 1 heterocycles. The van der Waals surface area contributed by atoms with Gasteiger partial charge in [0, 0.05) is 6.04 Å². The van der Waals surface area contributed by atoms with E-state index in [9.17, 15) is 8.42 Å². The molecule has 0 aliphatic carbocycles. The van der Waals surface area contributed by atoms with Gasteiger partial charge < -0.3 is 5.32 Å². The van der Waals surface area contributed by atoms with Crippen LogP contribution in [0.15, 0.2) is 29.2 Å². The highest BCUT2D eigenvalue weighted by atomic mass is 32.2. The van der Waals surface area contributed by atoms with Crippen LogP contribution >= 0.6 is 0 Å². The Balaban J connectivity index is 2.34. The van der Waals surface area contributed by atoms with Crippen molar-refractivity contribution in [2.75, 3.05) is 12.3 Å². The molecule has 2 rings (SSSR count). The summed E-state index contributed by atoms with van der Waals surface area (Å²) >= 11 is 0. The molecule has 0 radical (unpaired) electrons. The maximum atomic E-state index is 11.8. The average Bonchev–Trinajstić information content (AvgIpc) is 2.49. The Labute approximate surface area is 90.4 Å². The summed E-state index contributed by atoms with van der Waals surface area (Å²) in [7, 11) is -3.05. The molecule has 1 atom stereocenters. The van der Waals surface area contributed by atoms with Crippen molar-refractivity contribution in [3.8, 4) is 0 Å². The molecule has 1 aromatic rings. The standard InChI is InChI=1S/C11H15NO2S/c1-2-7-12-10-8-15(13,14)11-6-4-3-5-9(10)11/h3-6,10,12H,2,7-8H2,1H3. The van der Waals surface area contributed by atoms with E-state index in [1.807, 2.05) is 12.1 Å². The Kier molecular flexibility index (Phi) is 2.80. The number of rotatable bonds is 3.